The van der Waals surface area contributed by atoms with E-state index in [0.29, 0.717) is 17.2 Å². The number of aromatic nitrogens is 1. The second-order valence-electron chi connectivity index (χ2n) is 4.98. The normalized spacial score (nSPS) is 11.6. The number of hydrogen-bond donors (Lipinski definition) is 1. The SMILES string of the molecule is Cc1cc(NS(=O)(=O)c2cc(-c3ccno3)oc2C)ccc1Br. The van der Waals surface area contributed by atoms with E-state index in [-0.39, 0.29) is 10.7 Å². The largest absolute Gasteiger partial charge is 0.456 e. The summed E-state index contributed by atoms with van der Waals surface area (Å²) in [5.74, 6) is 0.958. The number of furan rings is 1. The third kappa shape index (κ3) is 3.18. The van der Waals surface area contributed by atoms with E-state index in [2.05, 4.69) is 25.8 Å². The Morgan fingerprint density at radius 2 is 1.91 bits per heavy atom. The number of nitrogens with one attached hydrogen (secondary N) is 1. The predicted molar refractivity (Wildman–Crippen MR) is 88.6 cm³/mol. The van der Waals surface area contributed by atoms with E-state index in [1.807, 2.05) is 6.92 Å². The first-order chi connectivity index (χ1) is 10.9. The first-order valence-electron chi connectivity index (χ1n) is 6.67. The molecule has 0 unspecified atom stereocenters. The highest BCUT2D eigenvalue weighted by Crippen LogP contribution is 2.29. The van der Waals surface area contributed by atoms with Gasteiger partial charge in [-0.25, -0.2) is 8.42 Å². The van der Waals surface area contributed by atoms with Gasteiger partial charge in [-0.15, -0.1) is 0 Å². The Hall–Kier alpha value is -2.06. The maximum Gasteiger partial charge on any atom is 0.265 e. The minimum atomic E-state index is -3.76. The lowest BCUT2D eigenvalue weighted by molar-refractivity contribution is 0.414. The molecule has 2 heterocycles. The van der Waals surface area contributed by atoms with E-state index < -0.39 is 10.0 Å². The molecule has 6 nitrogen and oxygen atoms in total. The molecule has 0 radical (unpaired) electrons. The van der Waals surface area contributed by atoms with E-state index in [0.717, 1.165) is 10.0 Å². The van der Waals surface area contributed by atoms with Crippen molar-refractivity contribution >= 4 is 31.6 Å². The Bertz CT molecular complexity index is 946. The number of hydrogen-bond acceptors (Lipinski definition) is 5. The molecule has 3 aromatic rings. The van der Waals surface area contributed by atoms with Gasteiger partial charge in [0.2, 0.25) is 5.76 Å². The lowest BCUT2D eigenvalue weighted by atomic mass is 10.2. The highest BCUT2D eigenvalue weighted by Gasteiger charge is 2.23. The van der Waals surface area contributed by atoms with Crippen molar-refractivity contribution in [1.82, 2.24) is 5.16 Å². The van der Waals surface area contributed by atoms with Crippen LogP contribution in [0.3, 0.4) is 0 Å². The molecular formula is C15H13BrN2O4S. The van der Waals surface area contributed by atoms with Gasteiger partial charge in [0.25, 0.3) is 10.0 Å². The molecule has 2 aromatic heterocycles. The number of sulfonamides is 1. The maximum absolute atomic E-state index is 12.6. The zero-order valence-corrected chi connectivity index (χ0v) is 14.7. The van der Waals surface area contributed by atoms with E-state index in [1.54, 1.807) is 31.2 Å². The van der Waals surface area contributed by atoms with Gasteiger partial charge in [0, 0.05) is 22.3 Å². The number of halogens is 1. The zero-order chi connectivity index (χ0) is 16.6. The lowest BCUT2D eigenvalue weighted by Gasteiger charge is -2.08. The molecule has 0 fully saturated rings. The van der Waals surface area contributed by atoms with Gasteiger partial charge in [-0.1, -0.05) is 21.1 Å². The van der Waals surface area contributed by atoms with Crippen LogP contribution in [0.15, 0.2) is 54.8 Å². The highest BCUT2D eigenvalue weighted by molar-refractivity contribution is 9.10. The van der Waals surface area contributed by atoms with Crippen molar-refractivity contribution in [2.24, 2.45) is 0 Å². The number of anilines is 1. The maximum atomic E-state index is 12.6. The summed E-state index contributed by atoms with van der Waals surface area (Å²) < 4.78 is 39.1. The molecule has 0 bridgehead atoms. The van der Waals surface area contributed by atoms with Crippen LogP contribution in [0.1, 0.15) is 11.3 Å². The molecule has 0 atom stereocenters. The molecule has 0 saturated carbocycles. The first kappa shape index (κ1) is 15.8. The van der Waals surface area contributed by atoms with Crippen molar-refractivity contribution in [3.63, 3.8) is 0 Å². The Labute approximate surface area is 141 Å². The van der Waals surface area contributed by atoms with Crippen LogP contribution in [0.25, 0.3) is 11.5 Å². The van der Waals surface area contributed by atoms with Gasteiger partial charge in [0.15, 0.2) is 5.76 Å². The Kier molecular flexibility index (Phi) is 4.03. The lowest BCUT2D eigenvalue weighted by Crippen LogP contribution is -2.13. The van der Waals surface area contributed by atoms with Gasteiger partial charge in [0.05, 0.1) is 6.20 Å². The summed E-state index contributed by atoms with van der Waals surface area (Å²) in [5, 5.41) is 3.58. The second kappa shape index (κ2) is 5.86. The van der Waals surface area contributed by atoms with Crippen molar-refractivity contribution in [3.05, 3.63) is 52.3 Å². The number of rotatable bonds is 4. The first-order valence-corrected chi connectivity index (χ1v) is 8.95. The van der Waals surface area contributed by atoms with Gasteiger partial charge < -0.3 is 8.94 Å². The van der Waals surface area contributed by atoms with Crippen LogP contribution in [-0.4, -0.2) is 13.6 Å². The monoisotopic (exact) mass is 396 g/mol. The standard InChI is InChI=1S/C15H13BrN2O4S/c1-9-7-11(3-4-12(9)16)18-23(19,20)15-8-14(21-10(15)2)13-5-6-17-22-13/h3-8,18H,1-2H3. The Morgan fingerprint density at radius 3 is 2.57 bits per heavy atom. The quantitative estimate of drug-likeness (QED) is 0.716. The summed E-state index contributed by atoms with van der Waals surface area (Å²) in [4.78, 5) is 0.0597. The molecule has 0 saturated heterocycles. The average molecular weight is 397 g/mol. The molecule has 0 spiro atoms. The fourth-order valence-corrected chi connectivity index (χ4v) is 3.59. The molecule has 0 aliphatic rings. The molecule has 23 heavy (non-hydrogen) atoms. The van der Waals surface area contributed by atoms with Crippen LogP contribution >= 0.6 is 15.9 Å². The summed E-state index contributed by atoms with van der Waals surface area (Å²) in [6, 6.07) is 8.23. The van der Waals surface area contributed by atoms with Crippen LogP contribution in [0.2, 0.25) is 0 Å². The summed E-state index contributed by atoms with van der Waals surface area (Å²) in [5.41, 5.74) is 1.41. The molecule has 0 aliphatic heterocycles. The van der Waals surface area contributed by atoms with E-state index >= 15 is 0 Å². The average Bonchev–Trinajstić information content (AvgIpc) is 3.11. The smallest absolute Gasteiger partial charge is 0.265 e. The van der Waals surface area contributed by atoms with Gasteiger partial charge in [-0.3, -0.25) is 4.72 Å². The highest BCUT2D eigenvalue weighted by atomic mass is 79.9. The molecule has 1 aromatic carbocycles. The third-order valence-corrected chi connectivity index (χ3v) is 5.63. The van der Waals surface area contributed by atoms with E-state index in [4.69, 9.17) is 8.94 Å². The van der Waals surface area contributed by atoms with Crippen LogP contribution in [-0.2, 0) is 10.0 Å². The number of aryl methyl sites for hydroxylation is 2. The van der Waals surface area contributed by atoms with Gasteiger partial charge in [-0.05, 0) is 37.6 Å². The van der Waals surface area contributed by atoms with Gasteiger partial charge in [-0.2, -0.15) is 0 Å². The van der Waals surface area contributed by atoms with Crippen molar-refractivity contribution in [2.45, 2.75) is 18.7 Å². The zero-order valence-electron chi connectivity index (χ0n) is 12.3. The van der Waals surface area contributed by atoms with Gasteiger partial charge >= 0.3 is 0 Å². The molecule has 1 N–H and O–H groups in total. The predicted octanol–water partition coefficient (Wildman–Crippen LogP) is 4.11. The summed E-state index contributed by atoms with van der Waals surface area (Å²) in [6.07, 6.45) is 1.46. The van der Waals surface area contributed by atoms with Crippen molar-refractivity contribution in [1.29, 1.82) is 0 Å². The van der Waals surface area contributed by atoms with Gasteiger partial charge in [0.1, 0.15) is 10.7 Å². The topological polar surface area (TPSA) is 85.3 Å². The Morgan fingerprint density at radius 1 is 1.13 bits per heavy atom. The molecule has 0 amide bonds. The minimum absolute atomic E-state index is 0.0597. The fraction of sp³-hybridized carbons (Fsp3) is 0.133. The molecule has 0 aliphatic carbocycles. The third-order valence-electron chi connectivity index (χ3n) is 3.25. The van der Waals surface area contributed by atoms with Crippen molar-refractivity contribution in [2.75, 3.05) is 4.72 Å². The molecule has 120 valence electrons. The minimum Gasteiger partial charge on any atom is -0.456 e. The summed E-state index contributed by atoms with van der Waals surface area (Å²) >= 11 is 3.38. The molecule has 8 heteroatoms. The van der Waals surface area contributed by atoms with Crippen LogP contribution in [0, 0.1) is 13.8 Å². The fourth-order valence-electron chi connectivity index (χ4n) is 2.11. The summed E-state index contributed by atoms with van der Waals surface area (Å²) in [7, 11) is -3.76. The van der Waals surface area contributed by atoms with Crippen LogP contribution < -0.4 is 4.72 Å². The van der Waals surface area contributed by atoms with E-state index in [1.165, 1.54) is 12.3 Å². The van der Waals surface area contributed by atoms with Crippen LogP contribution in [0.4, 0.5) is 5.69 Å². The molecule has 3 rings (SSSR count). The number of nitrogens with zero attached hydrogens (tertiary/aromatic N) is 1. The Balaban J connectivity index is 1.95. The summed E-state index contributed by atoms with van der Waals surface area (Å²) in [6.45, 7) is 3.47. The van der Waals surface area contributed by atoms with Crippen LogP contribution in [0.5, 0.6) is 0 Å². The van der Waals surface area contributed by atoms with Crippen molar-refractivity contribution < 1.29 is 17.4 Å². The number of benzene rings is 1. The second-order valence-corrected chi connectivity index (χ2v) is 7.48. The molecular weight excluding hydrogens is 384 g/mol. The van der Waals surface area contributed by atoms with Crippen molar-refractivity contribution in [3.8, 4) is 11.5 Å². The van der Waals surface area contributed by atoms with E-state index in [9.17, 15) is 8.42 Å².